The van der Waals surface area contributed by atoms with Crippen LogP contribution >= 0.6 is 0 Å². The molecule has 1 amide bonds. The summed E-state index contributed by atoms with van der Waals surface area (Å²) in [7, 11) is 0. The van der Waals surface area contributed by atoms with Crippen LogP contribution in [0.15, 0.2) is 54.9 Å². The summed E-state index contributed by atoms with van der Waals surface area (Å²) in [4.78, 5) is 21.5. The highest BCUT2D eigenvalue weighted by atomic mass is 16.1. The van der Waals surface area contributed by atoms with E-state index in [4.69, 9.17) is 0 Å². The van der Waals surface area contributed by atoms with Gasteiger partial charge in [0.25, 0.3) is 5.91 Å². The molecule has 0 aliphatic carbocycles. The molecule has 0 fully saturated rings. The number of amides is 1. The Labute approximate surface area is 142 Å². The van der Waals surface area contributed by atoms with Crippen molar-refractivity contribution >= 4 is 16.8 Å². The summed E-state index contributed by atoms with van der Waals surface area (Å²) in [5.74, 6) is 0.504. The molecule has 1 aromatic carbocycles. The molecule has 0 unspecified atom stereocenters. The van der Waals surface area contributed by atoms with Gasteiger partial charge in [0, 0.05) is 29.9 Å². The maximum Gasteiger partial charge on any atom is 0.252 e. The van der Waals surface area contributed by atoms with Gasteiger partial charge in [-0.3, -0.25) is 9.78 Å². The minimum atomic E-state index is -0.0561. The Morgan fingerprint density at radius 2 is 2.00 bits per heavy atom. The highest BCUT2D eigenvalue weighted by Crippen LogP contribution is 2.24. The third kappa shape index (κ3) is 3.59. The highest BCUT2D eigenvalue weighted by Gasteiger charge is 2.13. The summed E-state index contributed by atoms with van der Waals surface area (Å²) in [6.07, 6.45) is 4.45. The summed E-state index contributed by atoms with van der Waals surface area (Å²) in [5, 5.41) is 3.89. The van der Waals surface area contributed by atoms with Crippen LogP contribution in [0.3, 0.4) is 0 Å². The van der Waals surface area contributed by atoms with Gasteiger partial charge in [0.2, 0.25) is 0 Å². The fraction of sp³-hybridized carbons (Fsp3) is 0.250. The summed E-state index contributed by atoms with van der Waals surface area (Å²) < 4.78 is 0. The smallest absolute Gasteiger partial charge is 0.252 e. The van der Waals surface area contributed by atoms with Gasteiger partial charge in [-0.05, 0) is 36.6 Å². The number of rotatable bonds is 5. The van der Waals surface area contributed by atoms with Gasteiger partial charge in [-0.2, -0.15) is 0 Å². The number of nitrogens with zero attached hydrogens (tertiary/aromatic N) is 2. The Kier molecular flexibility index (Phi) is 4.85. The highest BCUT2D eigenvalue weighted by molar-refractivity contribution is 6.07. The summed E-state index contributed by atoms with van der Waals surface area (Å²) in [6, 6.07) is 13.4. The van der Waals surface area contributed by atoms with Gasteiger partial charge in [-0.1, -0.05) is 32.0 Å². The van der Waals surface area contributed by atoms with Crippen LogP contribution in [0.2, 0.25) is 0 Å². The Bertz CT molecular complexity index is 844. The van der Waals surface area contributed by atoms with Crippen molar-refractivity contribution in [2.24, 2.45) is 5.92 Å². The summed E-state index contributed by atoms with van der Waals surface area (Å²) in [5.41, 5.74) is 3.13. The molecule has 0 aliphatic rings. The van der Waals surface area contributed by atoms with Crippen LogP contribution in [0.5, 0.6) is 0 Å². The molecule has 3 rings (SSSR count). The molecule has 0 radical (unpaired) electrons. The van der Waals surface area contributed by atoms with Crippen molar-refractivity contribution in [3.05, 3.63) is 60.4 Å². The Morgan fingerprint density at radius 3 is 2.75 bits per heavy atom. The molecule has 24 heavy (non-hydrogen) atoms. The Balaban J connectivity index is 2.00. The van der Waals surface area contributed by atoms with E-state index in [-0.39, 0.29) is 5.91 Å². The molecule has 0 saturated heterocycles. The average Bonchev–Trinajstić information content (AvgIpc) is 2.61. The van der Waals surface area contributed by atoms with Crippen molar-refractivity contribution in [3.63, 3.8) is 0 Å². The van der Waals surface area contributed by atoms with E-state index in [2.05, 4.69) is 29.1 Å². The molecule has 122 valence electrons. The first-order chi connectivity index (χ1) is 11.6. The standard InChI is InChI=1S/C20H21N3O/c1-14(2)9-11-22-20(24)17-12-19(15-6-5-10-21-13-15)23-18-8-4-3-7-16(17)18/h3-8,10,12-14H,9,11H2,1-2H3,(H,22,24). The van der Waals surface area contributed by atoms with Crippen LogP contribution in [0, 0.1) is 5.92 Å². The monoisotopic (exact) mass is 319 g/mol. The Morgan fingerprint density at radius 1 is 1.17 bits per heavy atom. The maximum absolute atomic E-state index is 12.7. The second-order valence-corrected chi connectivity index (χ2v) is 6.25. The van der Waals surface area contributed by atoms with Crippen LogP contribution in [0.25, 0.3) is 22.2 Å². The van der Waals surface area contributed by atoms with Crippen molar-refractivity contribution in [1.82, 2.24) is 15.3 Å². The molecule has 0 spiro atoms. The molecular weight excluding hydrogens is 298 g/mol. The first-order valence-electron chi connectivity index (χ1n) is 8.23. The van der Waals surface area contributed by atoms with Gasteiger partial charge in [0.15, 0.2) is 0 Å². The number of carbonyl (C=O) groups is 1. The molecule has 4 nitrogen and oxygen atoms in total. The van der Waals surface area contributed by atoms with E-state index in [0.29, 0.717) is 18.0 Å². The largest absolute Gasteiger partial charge is 0.352 e. The van der Waals surface area contributed by atoms with Gasteiger partial charge in [0.1, 0.15) is 0 Å². The number of para-hydroxylation sites is 1. The van der Waals surface area contributed by atoms with Gasteiger partial charge in [0.05, 0.1) is 16.8 Å². The SMILES string of the molecule is CC(C)CCNC(=O)c1cc(-c2cccnc2)nc2ccccc12. The van der Waals surface area contributed by atoms with Crippen LogP contribution in [-0.2, 0) is 0 Å². The summed E-state index contributed by atoms with van der Waals surface area (Å²) >= 11 is 0. The lowest BCUT2D eigenvalue weighted by atomic mass is 10.0. The van der Waals surface area contributed by atoms with Gasteiger partial charge < -0.3 is 5.32 Å². The number of benzene rings is 1. The van der Waals surface area contributed by atoms with Crippen molar-refractivity contribution in [3.8, 4) is 11.3 Å². The fourth-order valence-electron chi connectivity index (χ4n) is 2.60. The molecule has 0 aliphatic heterocycles. The zero-order valence-corrected chi connectivity index (χ0v) is 14.0. The van der Waals surface area contributed by atoms with E-state index in [1.807, 2.05) is 42.5 Å². The topological polar surface area (TPSA) is 54.9 Å². The lowest BCUT2D eigenvalue weighted by Crippen LogP contribution is -2.25. The first-order valence-corrected chi connectivity index (χ1v) is 8.23. The zero-order chi connectivity index (χ0) is 16.9. The van der Waals surface area contributed by atoms with Gasteiger partial charge >= 0.3 is 0 Å². The molecule has 0 atom stereocenters. The van der Waals surface area contributed by atoms with Gasteiger partial charge in [-0.15, -0.1) is 0 Å². The fourth-order valence-corrected chi connectivity index (χ4v) is 2.60. The molecule has 4 heteroatoms. The molecule has 2 aromatic heterocycles. The molecule has 1 N–H and O–H groups in total. The predicted molar refractivity (Wildman–Crippen MR) is 96.8 cm³/mol. The second kappa shape index (κ2) is 7.21. The van der Waals surface area contributed by atoms with E-state index in [0.717, 1.165) is 28.6 Å². The first kappa shape index (κ1) is 16.1. The van der Waals surface area contributed by atoms with E-state index in [1.54, 1.807) is 12.4 Å². The third-order valence-electron chi connectivity index (χ3n) is 3.93. The van der Waals surface area contributed by atoms with E-state index < -0.39 is 0 Å². The number of hydrogen-bond donors (Lipinski definition) is 1. The minimum absolute atomic E-state index is 0.0561. The summed E-state index contributed by atoms with van der Waals surface area (Å²) in [6.45, 7) is 4.97. The van der Waals surface area contributed by atoms with E-state index in [9.17, 15) is 4.79 Å². The molecule has 2 heterocycles. The normalized spacial score (nSPS) is 11.0. The zero-order valence-electron chi connectivity index (χ0n) is 14.0. The number of aromatic nitrogens is 2. The minimum Gasteiger partial charge on any atom is -0.352 e. The predicted octanol–water partition coefficient (Wildman–Crippen LogP) is 4.07. The lowest BCUT2D eigenvalue weighted by Gasteiger charge is -2.11. The number of pyridine rings is 2. The molecular formula is C20H21N3O. The van der Waals surface area contributed by atoms with Crippen molar-refractivity contribution in [2.45, 2.75) is 20.3 Å². The van der Waals surface area contributed by atoms with Gasteiger partial charge in [-0.25, -0.2) is 4.98 Å². The van der Waals surface area contributed by atoms with Crippen molar-refractivity contribution in [2.75, 3.05) is 6.54 Å². The number of carbonyl (C=O) groups excluding carboxylic acids is 1. The van der Waals surface area contributed by atoms with Crippen LogP contribution in [0.1, 0.15) is 30.6 Å². The Hall–Kier alpha value is -2.75. The lowest BCUT2D eigenvalue weighted by molar-refractivity contribution is 0.0953. The second-order valence-electron chi connectivity index (χ2n) is 6.25. The maximum atomic E-state index is 12.7. The van der Waals surface area contributed by atoms with E-state index >= 15 is 0 Å². The third-order valence-corrected chi connectivity index (χ3v) is 3.93. The van der Waals surface area contributed by atoms with E-state index in [1.165, 1.54) is 0 Å². The number of fused-ring (bicyclic) bond motifs is 1. The molecule has 0 saturated carbocycles. The number of hydrogen-bond acceptors (Lipinski definition) is 3. The van der Waals surface area contributed by atoms with Crippen molar-refractivity contribution in [1.29, 1.82) is 0 Å². The van der Waals surface area contributed by atoms with Crippen LogP contribution in [-0.4, -0.2) is 22.4 Å². The molecule has 0 bridgehead atoms. The average molecular weight is 319 g/mol. The van der Waals surface area contributed by atoms with Crippen LogP contribution in [0.4, 0.5) is 0 Å². The van der Waals surface area contributed by atoms with Crippen molar-refractivity contribution < 1.29 is 4.79 Å². The molecule has 3 aromatic rings. The number of nitrogens with one attached hydrogen (secondary N) is 1. The quantitative estimate of drug-likeness (QED) is 0.771. The van der Waals surface area contributed by atoms with Crippen LogP contribution < -0.4 is 5.32 Å².